The smallest absolute Gasteiger partial charge is 0.261 e. The third-order valence-electron chi connectivity index (χ3n) is 7.19. The number of halogens is 1. The van der Waals surface area contributed by atoms with Gasteiger partial charge in [-0.25, -0.2) is 4.39 Å². The van der Waals surface area contributed by atoms with Gasteiger partial charge in [0.05, 0.1) is 13.2 Å². The Morgan fingerprint density at radius 3 is 2.13 bits per heavy atom. The molecule has 2 saturated heterocycles. The Hall–Kier alpha value is -1.53. The fourth-order valence-electron chi connectivity index (χ4n) is 5.76. The maximum Gasteiger partial charge on any atom is 0.261 e. The lowest BCUT2D eigenvalue weighted by atomic mass is 9.95. The van der Waals surface area contributed by atoms with Crippen molar-refractivity contribution in [2.45, 2.75) is 62.8 Å². The van der Waals surface area contributed by atoms with Gasteiger partial charge in [0, 0.05) is 24.5 Å². The first-order valence-electron chi connectivity index (χ1n) is 11.1. The summed E-state index contributed by atoms with van der Waals surface area (Å²) in [6.07, 6.45) is 1.39. The molecule has 0 radical (unpaired) electrons. The first-order valence-corrected chi connectivity index (χ1v) is 13.0. The molecule has 30 heavy (non-hydrogen) atoms. The molecule has 5 heteroatoms. The van der Waals surface area contributed by atoms with Gasteiger partial charge in [-0.05, 0) is 28.3 Å². The van der Waals surface area contributed by atoms with Gasteiger partial charge in [0.1, 0.15) is 6.17 Å². The number of hydrogen-bond donors (Lipinski definition) is 1. The number of nitrogens with zero attached hydrogens (tertiary/aromatic N) is 1. The largest absolute Gasteiger partial charge is 0.406 e. The Morgan fingerprint density at radius 1 is 1.07 bits per heavy atom. The van der Waals surface area contributed by atoms with Crippen molar-refractivity contribution in [3.8, 4) is 0 Å². The predicted molar refractivity (Wildman–Crippen MR) is 123 cm³/mol. The van der Waals surface area contributed by atoms with E-state index in [1.807, 2.05) is 0 Å². The second-order valence-corrected chi connectivity index (χ2v) is 14.3. The van der Waals surface area contributed by atoms with Crippen LogP contribution in [-0.2, 0) is 4.43 Å². The molecule has 4 rings (SSSR count). The molecular formula is C25H34FNO2Si. The maximum atomic E-state index is 14.3. The minimum Gasteiger partial charge on any atom is -0.406 e. The highest BCUT2D eigenvalue weighted by atomic mass is 28.4. The Balaban J connectivity index is 1.70. The number of fused-ring (bicyclic) bond motifs is 1. The van der Waals surface area contributed by atoms with Crippen LogP contribution in [0.4, 0.5) is 4.39 Å². The summed E-state index contributed by atoms with van der Waals surface area (Å²) in [5, 5.41) is 12.5. The van der Waals surface area contributed by atoms with Gasteiger partial charge < -0.3 is 9.53 Å². The Kier molecular flexibility index (Phi) is 5.92. The minimum atomic E-state index is -2.60. The van der Waals surface area contributed by atoms with Crippen molar-refractivity contribution >= 4 is 18.7 Å². The van der Waals surface area contributed by atoms with E-state index in [9.17, 15) is 9.50 Å². The highest BCUT2D eigenvalue weighted by molar-refractivity contribution is 6.99. The van der Waals surface area contributed by atoms with Crippen LogP contribution in [-0.4, -0.2) is 55.8 Å². The molecule has 0 amide bonds. The van der Waals surface area contributed by atoms with E-state index in [0.29, 0.717) is 19.6 Å². The van der Waals surface area contributed by atoms with E-state index in [0.717, 1.165) is 12.8 Å². The average molecular weight is 428 g/mol. The predicted octanol–water partition coefficient (Wildman–Crippen LogP) is 3.50. The summed E-state index contributed by atoms with van der Waals surface area (Å²) in [6, 6.07) is 21.4. The fraction of sp³-hybridized carbons (Fsp3) is 0.520. The van der Waals surface area contributed by atoms with Crippen LogP contribution in [0.15, 0.2) is 60.7 Å². The molecule has 2 fully saturated rings. The molecule has 3 atom stereocenters. The van der Waals surface area contributed by atoms with Crippen LogP contribution in [0.5, 0.6) is 0 Å². The normalized spacial score (nSPS) is 27.4. The number of aliphatic hydroxyl groups excluding tert-OH is 1. The summed E-state index contributed by atoms with van der Waals surface area (Å²) in [6.45, 7) is 7.85. The lowest BCUT2D eigenvalue weighted by Gasteiger charge is -2.44. The monoisotopic (exact) mass is 427 g/mol. The maximum absolute atomic E-state index is 14.3. The molecule has 2 heterocycles. The van der Waals surface area contributed by atoms with E-state index in [-0.39, 0.29) is 23.2 Å². The number of alkyl halides is 1. The SMILES string of the molecule is CC(C)(C)[Si](OC[C@H]1CC[C@@]2(CO)C[C@@H](F)CN12)(c1ccccc1)c1ccccc1. The van der Waals surface area contributed by atoms with Crippen molar-refractivity contribution in [2.24, 2.45) is 0 Å². The van der Waals surface area contributed by atoms with Gasteiger partial charge in [-0.2, -0.15) is 0 Å². The van der Waals surface area contributed by atoms with Gasteiger partial charge in [-0.1, -0.05) is 81.4 Å². The number of hydrogen-bond acceptors (Lipinski definition) is 3. The number of rotatable bonds is 6. The van der Waals surface area contributed by atoms with E-state index in [4.69, 9.17) is 4.43 Å². The zero-order chi connectivity index (χ0) is 21.4. The first-order chi connectivity index (χ1) is 14.3. The molecule has 162 valence electrons. The molecule has 0 aromatic heterocycles. The van der Waals surface area contributed by atoms with Crippen molar-refractivity contribution in [1.82, 2.24) is 4.90 Å². The van der Waals surface area contributed by atoms with Crippen molar-refractivity contribution in [3.05, 3.63) is 60.7 Å². The third-order valence-corrected chi connectivity index (χ3v) is 12.2. The van der Waals surface area contributed by atoms with Gasteiger partial charge in [0.25, 0.3) is 8.32 Å². The van der Waals surface area contributed by atoms with E-state index in [1.165, 1.54) is 10.4 Å². The molecule has 2 aromatic rings. The topological polar surface area (TPSA) is 32.7 Å². The highest BCUT2D eigenvalue weighted by Gasteiger charge is 2.55. The van der Waals surface area contributed by atoms with Gasteiger partial charge in [-0.3, -0.25) is 4.90 Å². The third kappa shape index (κ3) is 3.56. The lowest BCUT2D eigenvalue weighted by Crippen LogP contribution is -2.67. The molecule has 2 aliphatic heterocycles. The van der Waals surface area contributed by atoms with Crippen molar-refractivity contribution in [1.29, 1.82) is 0 Å². The van der Waals surface area contributed by atoms with Crippen LogP contribution in [0.2, 0.25) is 5.04 Å². The Bertz CT molecular complexity index is 802. The van der Waals surface area contributed by atoms with E-state index >= 15 is 0 Å². The quantitative estimate of drug-likeness (QED) is 0.717. The summed E-state index contributed by atoms with van der Waals surface area (Å²) in [5.41, 5.74) is -0.390. The molecule has 2 aliphatic rings. The molecule has 2 aromatic carbocycles. The van der Waals surface area contributed by atoms with Gasteiger partial charge in [0.2, 0.25) is 0 Å². The summed E-state index contributed by atoms with van der Waals surface area (Å²) < 4.78 is 21.3. The summed E-state index contributed by atoms with van der Waals surface area (Å²) in [5.74, 6) is 0. The standard InChI is InChI=1S/C25H34FNO2Si/c1-24(2,3)30(22-10-6-4-7-11-22,23-12-8-5-9-13-23)29-18-21-14-15-25(19-28)16-20(26)17-27(21)25/h4-13,20-21,28H,14-19H2,1-3H3/t20-,21-,25+/m1/s1. The summed E-state index contributed by atoms with van der Waals surface area (Å²) in [7, 11) is -2.60. The van der Waals surface area contributed by atoms with Gasteiger partial charge in [-0.15, -0.1) is 0 Å². The first kappa shape index (κ1) is 21.7. The zero-order valence-corrected chi connectivity index (χ0v) is 19.4. The van der Waals surface area contributed by atoms with Gasteiger partial charge >= 0.3 is 0 Å². The second kappa shape index (κ2) is 8.19. The van der Waals surface area contributed by atoms with Crippen LogP contribution in [0.25, 0.3) is 0 Å². The van der Waals surface area contributed by atoms with Crippen LogP contribution in [0.3, 0.4) is 0 Å². The average Bonchev–Trinajstić information content (AvgIpc) is 3.24. The zero-order valence-electron chi connectivity index (χ0n) is 18.4. The molecule has 0 bridgehead atoms. The Labute approximate surface area is 181 Å². The van der Waals surface area contributed by atoms with Crippen molar-refractivity contribution in [2.75, 3.05) is 19.8 Å². The van der Waals surface area contributed by atoms with Crippen molar-refractivity contribution < 1.29 is 13.9 Å². The van der Waals surface area contributed by atoms with E-state index in [2.05, 4.69) is 86.3 Å². The number of benzene rings is 2. The van der Waals surface area contributed by atoms with Crippen molar-refractivity contribution in [3.63, 3.8) is 0 Å². The van der Waals surface area contributed by atoms with Crippen LogP contribution >= 0.6 is 0 Å². The fourth-order valence-corrected chi connectivity index (χ4v) is 10.4. The molecule has 0 unspecified atom stereocenters. The molecular weight excluding hydrogens is 393 g/mol. The summed E-state index contributed by atoms with van der Waals surface area (Å²) in [4.78, 5) is 2.20. The molecule has 3 nitrogen and oxygen atoms in total. The van der Waals surface area contributed by atoms with E-state index < -0.39 is 14.5 Å². The Morgan fingerprint density at radius 2 is 1.63 bits per heavy atom. The summed E-state index contributed by atoms with van der Waals surface area (Å²) >= 11 is 0. The minimum absolute atomic E-state index is 0.0309. The van der Waals surface area contributed by atoms with E-state index in [1.54, 1.807) is 0 Å². The van der Waals surface area contributed by atoms with Crippen LogP contribution < -0.4 is 10.4 Å². The molecule has 0 spiro atoms. The van der Waals surface area contributed by atoms with Crippen LogP contribution in [0, 0.1) is 0 Å². The van der Waals surface area contributed by atoms with Gasteiger partial charge in [0.15, 0.2) is 0 Å². The lowest BCUT2D eigenvalue weighted by molar-refractivity contribution is 0.0613. The molecule has 0 aliphatic carbocycles. The van der Waals surface area contributed by atoms with Crippen LogP contribution in [0.1, 0.15) is 40.0 Å². The highest BCUT2D eigenvalue weighted by Crippen LogP contribution is 2.44. The second-order valence-electron chi connectivity index (χ2n) is 10.0. The molecule has 1 N–H and O–H groups in total. The number of aliphatic hydroxyl groups is 1. The molecule has 0 saturated carbocycles.